The lowest BCUT2D eigenvalue weighted by molar-refractivity contribution is -0.122. The zero-order valence-corrected chi connectivity index (χ0v) is 15.9. The molecule has 0 aliphatic rings. The molecule has 0 bridgehead atoms. The molecule has 0 saturated heterocycles. The Hall–Kier alpha value is -2.29. The second-order valence-corrected chi connectivity index (χ2v) is 6.70. The molecule has 2 aromatic rings. The standard InChI is InChI=1S/C22H29NO2/c1-6-17-11-13-18(14-12-17)25-20(7-2)22(24)23-21-16(5)9-8-10-19(21)15(3)4/h8-15,20H,6-7H2,1-5H3,(H,23,24)/t20-/m0/s1. The highest BCUT2D eigenvalue weighted by molar-refractivity contribution is 5.95. The monoisotopic (exact) mass is 339 g/mol. The van der Waals surface area contributed by atoms with Crippen LogP contribution in [0.4, 0.5) is 5.69 Å². The van der Waals surface area contributed by atoms with E-state index in [1.807, 2.05) is 50.2 Å². The zero-order chi connectivity index (χ0) is 18.4. The van der Waals surface area contributed by atoms with Crippen LogP contribution in [0.25, 0.3) is 0 Å². The third-order valence-corrected chi connectivity index (χ3v) is 4.45. The summed E-state index contributed by atoms with van der Waals surface area (Å²) in [5, 5.41) is 3.09. The van der Waals surface area contributed by atoms with Crippen LogP contribution in [0.15, 0.2) is 42.5 Å². The van der Waals surface area contributed by atoms with Gasteiger partial charge in [0.25, 0.3) is 5.91 Å². The maximum atomic E-state index is 12.8. The van der Waals surface area contributed by atoms with Crippen LogP contribution < -0.4 is 10.1 Å². The fourth-order valence-electron chi connectivity index (χ4n) is 2.84. The fourth-order valence-corrected chi connectivity index (χ4v) is 2.84. The van der Waals surface area contributed by atoms with E-state index in [1.165, 1.54) is 5.56 Å². The number of hydrogen-bond acceptors (Lipinski definition) is 2. The van der Waals surface area contributed by atoms with E-state index in [9.17, 15) is 4.79 Å². The number of anilines is 1. The van der Waals surface area contributed by atoms with Gasteiger partial charge in [0.1, 0.15) is 5.75 Å². The predicted molar refractivity (Wildman–Crippen MR) is 104 cm³/mol. The Morgan fingerprint density at radius 3 is 2.32 bits per heavy atom. The third-order valence-electron chi connectivity index (χ3n) is 4.45. The van der Waals surface area contributed by atoms with Gasteiger partial charge in [0.05, 0.1) is 0 Å². The Morgan fingerprint density at radius 2 is 1.76 bits per heavy atom. The van der Waals surface area contributed by atoms with Crippen molar-refractivity contribution < 1.29 is 9.53 Å². The summed E-state index contributed by atoms with van der Waals surface area (Å²) in [6.45, 7) is 10.4. The number of hydrogen-bond donors (Lipinski definition) is 1. The van der Waals surface area contributed by atoms with Gasteiger partial charge < -0.3 is 10.1 Å². The number of rotatable bonds is 7. The predicted octanol–water partition coefficient (Wildman–Crippen LogP) is 5.48. The Bertz CT molecular complexity index is 704. The normalized spacial score (nSPS) is 12.1. The third kappa shape index (κ3) is 4.85. The second kappa shape index (κ2) is 8.70. The number of nitrogens with one attached hydrogen (secondary N) is 1. The first-order valence-corrected chi connectivity index (χ1v) is 9.12. The van der Waals surface area contributed by atoms with Gasteiger partial charge in [-0.05, 0) is 54.5 Å². The number of amides is 1. The average Bonchev–Trinajstić information content (AvgIpc) is 2.61. The van der Waals surface area contributed by atoms with Crippen LogP contribution in [0, 0.1) is 6.92 Å². The molecule has 2 rings (SSSR count). The Morgan fingerprint density at radius 1 is 1.08 bits per heavy atom. The lowest BCUT2D eigenvalue weighted by Crippen LogP contribution is -2.33. The Labute approximate surface area is 151 Å². The molecule has 0 spiro atoms. The minimum absolute atomic E-state index is 0.0988. The van der Waals surface area contributed by atoms with Gasteiger partial charge in [-0.3, -0.25) is 4.79 Å². The molecule has 0 unspecified atom stereocenters. The van der Waals surface area contributed by atoms with Gasteiger partial charge in [-0.2, -0.15) is 0 Å². The molecule has 0 saturated carbocycles. The molecular weight excluding hydrogens is 310 g/mol. The van der Waals surface area contributed by atoms with Crippen molar-refractivity contribution in [1.82, 2.24) is 0 Å². The van der Waals surface area contributed by atoms with E-state index < -0.39 is 6.10 Å². The molecule has 0 aromatic heterocycles. The number of benzene rings is 2. The van der Waals surface area contributed by atoms with Gasteiger partial charge in [-0.25, -0.2) is 0 Å². The molecule has 1 N–H and O–H groups in total. The molecule has 1 amide bonds. The first-order valence-electron chi connectivity index (χ1n) is 9.12. The maximum Gasteiger partial charge on any atom is 0.265 e. The number of aryl methyl sites for hydroxylation is 2. The van der Waals surface area contributed by atoms with Crippen molar-refractivity contribution in [2.24, 2.45) is 0 Å². The van der Waals surface area contributed by atoms with Crippen LogP contribution >= 0.6 is 0 Å². The van der Waals surface area contributed by atoms with Crippen LogP contribution in [0.3, 0.4) is 0 Å². The van der Waals surface area contributed by atoms with E-state index in [1.54, 1.807) is 0 Å². The van der Waals surface area contributed by atoms with Crippen LogP contribution in [-0.2, 0) is 11.2 Å². The fraction of sp³-hybridized carbons (Fsp3) is 0.409. The van der Waals surface area contributed by atoms with Crippen molar-refractivity contribution >= 4 is 11.6 Å². The largest absolute Gasteiger partial charge is 0.481 e. The van der Waals surface area contributed by atoms with Crippen LogP contribution in [0.2, 0.25) is 0 Å². The van der Waals surface area contributed by atoms with Crippen molar-refractivity contribution in [1.29, 1.82) is 0 Å². The summed E-state index contributed by atoms with van der Waals surface area (Å²) in [5.74, 6) is 0.976. The van der Waals surface area contributed by atoms with Crippen molar-refractivity contribution in [2.45, 2.75) is 59.5 Å². The van der Waals surface area contributed by atoms with Crippen molar-refractivity contribution in [2.75, 3.05) is 5.32 Å². The number of carbonyl (C=O) groups excluding carboxylic acids is 1. The van der Waals surface area contributed by atoms with Crippen molar-refractivity contribution in [3.63, 3.8) is 0 Å². The number of ether oxygens (including phenoxy) is 1. The first kappa shape index (κ1) is 19.0. The van der Waals surface area contributed by atoms with Crippen LogP contribution in [0.5, 0.6) is 5.75 Å². The number of carbonyl (C=O) groups is 1. The molecule has 3 nitrogen and oxygen atoms in total. The maximum absolute atomic E-state index is 12.8. The quantitative estimate of drug-likeness (QED) is 0.725. The molecule has 2 aromatic carbocycles. The highest BCUT2D eigenvalue weighted by Gasteiger charge is 2.21. The molecule has 0 heterocycles. The lowest BCUT2D eigenvalue weighted by Gasteiger charge is -2.21. The zero-order valence-electron chi connectivity index (χ0n) is 15.9. The van der Waals surface area contributed by atoms with Crippen LogP contribution in [-0.4, -0.2) is 12.0 Å². The van der Waals surface area contributed by atoms with Gasteiger partial charge in [-0.15, -0.1) is 0 Å². The molecule has 3 heteroatoms. The molecule has 134 valence electrons. The highest BCUT2D eigenvalue weighted by Crippen LogP contribution is 2.28. The van der Waals surface area contributed by atoms with E-state index in [2.05, 4.69) is 32.2 Å². The molecule has 1 atom stereocenters. The Kier molecular flexibility index (Phi) is 6.63. The van der Waals surface area contributed by atoms with Gasteiger partial charge in [0.15, 0.2) is 6.10 Å². The molecule has 0 aliphatic heterocycles. The van der Waals surface area contributed by atoms with E-state index >= 15 is 0 Å². The van der Waals surface area contributed by atoms with Gasteiger partial charge in [0, 0.05) is 5.69 Å². The van der Waals surface area contributed by atoms with E-state index in [0.717, 1.165) is 29.0 Å². The van der Waals surface area contributed by atoms with E-state index in [4.69, 9.17) is 4.74 Å². The minimum Gasteiger partial charge on any atom is -0.481 e. The highest BCUT2D eigenvalue weighted by atomic mass is 16.5. The van der Waals surface area contributed by atoms with Crippen LogP contribution in [0.1, 0.15) is 56.7 Å². The van der Waals surface area contributed by atoms with Gasteiger partial charge in [0.2, 0.25) is 0 Å². The molecule has 25 heavy (non-hydrogen) atoms. The smallest absolute Gasteiger partial charge is 0.265 e. The van der Waals surface area contributed by atoms with Crippen molar-refractivity contribution in [3.05, 3.63) is 59.2 Å². The number of para-hydroxylation sites is 1. The molecule has 0 fully saturated rings. The summed E-state index contributed by atoms with van der Waals surface area (Å²) in [7, 11) is 0. The summed E-state index contributed by atoms with van der Waals surface area (Å²) in [4.78, 5) is 12.8. The Balaban J connectivity index is 2.15. The second-order valence-electron chi connectivity index (χ2n) is 6.70. The summed E-state index contributed by atoms with van der Waals surface area (Å²) >= 11 is 0. The van der Waals surface area contributed by atoms with Gasteiger partial charge in [-0.1, -0.05) is 58.0 Å². The van der Waals surface area contributed by atoms with E-state index in [-0.39, 0.29) is 5.91 Å². The minimum atomic E-state index is -0.507. The molecule has 0 radical (unpaired) electrons. The SMILES string of the molecule is CCc1ccc(O[C@@H](CC)C(=O)Nc2c(C)cccc2C(C)C)cc1. The summed E-state index contributed by atoms with van der Waals surface area (Å²) in [6, 6.07) is 14.1. The topological polar surface area (TPSA) is 38.3 Å². The summed E-state index contributed by atoms with van der Waals surface area (Å²) < 4.78 is 5.93. The molecule has 0 aliphatic carbocycles. The summed E-state index contributed by atoms with van der Waals surface area (Å²) in [5.41, 5.74) is 4.38. The van der Waals surface area contributed by atoms with E-state index in [0.29, 0.717) is 12.3 Å². The average molecular weight is 339 g/mol. The summed E-state index contributed by atoms with van der Waals surface area (Å²) in [6.07, 6.45) is 1.10. The first-order chi connectivity index (χ1) is 12.0. The lowest BCUT2D eigenvalue weighted by atomic mass is 9.98. The van der Waals surface area contributed by atoms with Gasteiger partial charge >= 0.3 is 0 Å². The van der Waals surface area contributed by atoms with Crippen molar-refractivity contribution in [3.8, 4) is 5.75 Å². The molecular formula is C22H29NO2.